The molecule has 1 amide bonds. The summed E-state index contributed by atoms with van der Waals surface area (Å²) in [5.74, 6) is 2.28. The molecule has 156 valence electrons. The number of likely N-dealkylation sites (tertiary alicyclic amines) is 1. The average Bonchev–Trinajstić information content (AvgIpc) is 3.38. The van der Waals surface area contributed by atoms with Gasteiger partial charge in [-0.1, -0.05) is 47.1 Å². The molecule has 1 unspecified atom stereocenters. The zero-order valence-corrected chi connectivity index (χ0v) is 17.5. The second-order valence-electron chi connectivity index (χ2n) is 7.87. The van der Waals surface area contributed by atoms with Crippen molar-refractivity contribution in [3.05, 3.63) is 76.9 Å². The monoisotopic (exact) mass is 405 g/mol. The van der Waals surface area contributed by atoms with Crippen molar-refractivity contribution >= 4 is 5.91 Å². The van der Waals surface area contributed by atoms with E-state index in [-0.39, 0.29) is 11.8 Å². The second kappa shape index (κ2) is 9.11. The van der Waals surface area contributed by atoms with Gasteiger partial charge >= 0.3 is 0 Å². The van der Waals surface area contributed by atoms with Crippen molar-refractivity contribution in [2.24, 2.45) is 0 Å². The van der Waals surface area contributed by atoms with Crippen LogP contribution in [0.15, 0.2) is 53.1 Å². The molecular formula is C24H27N3O3. The van der Waals surface area contributed by atoms with Gasteiger partial charge in [0, 0.05) is 31.8 Å². The van der Waals surface area contributed by atoms with Gasteiger partial charge in [0.25, 0.3) is 0 Å². The van der Waals surface area contributed by atoms with Gasteiger partial charge in [0.1, 0.15) is 5.75 Å². The van der Waals surface area contributed by atoms with Gasteiger partial charge in [-0.15, -0.1) is 0 Å². The van der Waals surface area contributed by atoms with E-state index in [1.54, 1.807) is 7.11 Å². The molecule has 2 aromatic carbocycles. The van der Waals surface area contributed by atoms with E-state index in [0.29, 0.717) is 31.1 Å². The molecule has 0 radical (unpaired) electrons. The standard InChI is InChI=1S/C24H27N3O3/c1-17-4-3-5-19(14-17)12-13-27-16-20(15-23(27)28)24-25-22(30-26-24)11-8-18-6-9-21(29-2)10-7-18/h3-7,9-10,14,20H,8,11-13,15-16H2,1-2H3. The van der Waals surface area contributed by atoms with Crippen LogP contribution in [0.5, 0.6) is 5.75 Å². The third kappa shape index (κ3) is 4.87. The number of carbonyl (C=O) groups is 1. The van der Waals surface area contributed by atoms with Crippen molar-refractivity contribution in [3.63, 3.8) is 0 Å². The van der Waals surface area contributed by atoms with Crippen LogP contribution in [0, 0.1) is 6.92 Å². The highest BCUT2D eigenvalue weighted by Crippen LogP contribution is 2.26. The maximum Gasteiger partial charge on any atom is 0.226 e. The van der Waals surface area contributed by atoms with E-state index in [0.717, 1.165) is 25.1 Å². The molecule has 4 rings (SSSR count). The van der Waals surface area contributed by atoms with Gasteiger partial charge in [0.05, 0.1) is 7.11 Å². The lowest BCUT2D eigenvalue weighted by Crippen LogP contribution is -2.27. The number of methoxy groups -OCH3 is 1. The van der Waals surface area contributed by atoms with Crippen LogP contribution in [0.4, 0.5) is 0 Å². The molecule has 3 aromatic rings. The van der Waals surface area contributed by atoms with Crippen LogP contribution in [0.3, 0.4) is 0 Å². The summed E-state index contributed by atoms with van der Waals surface area (Å²) in [6.07, 6.45) is 2.81. The number of aromatic nitrogens is 2. The first kappa shape index (κ1) is 20.1. The van der Waals surface area contributed by atoms with E-state index >= 15 is 0 Å². The molecular weight excluding hydrogens is 378 g/mol. The Hall–Kier alpha value is -3.15. The lowest BCUT2D eigenvalue weighted by Gasteiger charge is -2.16. The first-order valence-electron chi connectivity index (χ1n) is 10.4. The van der Waals surface area contributed by atoms with Gasteiger partial charge < -0.3 is 14.2 Å². The second-order valence-corrected chi connectivity index (χ2v) is 7.87. The van der Waals surface area contributed by atoms with Crippen molar-refractivity contribution in [2.75, 3.05) is 20.2 Å². The van der Waals surface area contributed by atoms with Crippen LogP contribution < -0.4 is 4.74 Å². The zero-order chi connectivity index (χ0) is 20.9. The lowest BCUT2D eigenvalue weighted by atomic mass is 10.1. The Bertz CT molecular complexity index is 997. The highest BCUT2D eigenvalue weighted by atomic mass is 16.5. The van der Waals surface area contributed by atoms with E-state index in [9.17, 15) is 4.79 Å². The van der Waals surface area contributed by atoms with Crippen molar-refractivity contribution in [1.82, 2.24) is 15.0 Å². The van der Waals surface area contributed by atoms with E-state index in [1.807, 2.05) is 29.2 Å². The number of nitrogens with zero attached hydrogens (tertiary/aromatic N) is 3. The van der Waals surface area contributed by atoms with E-state index in [4.69, 9.17) is 9.26 Å². The number of rotatable bonds is 8. The predicted molar refractivity (Wildman–Crippen MR) is 114 cm³/mol. The predicted octanol–water partition coefficient (Wildman–Crippen LogP) is 3.73. The molecule has 1 aliphatic rings. The normalized spacial score (nSPS) is 16.3. The third-order valence-electron chi connectivity index (χ3n) is 5.60. The van der Waals surface area contributed by atoms with Crippen molar-refractivity contribution in [3.8, 4) is 5.75 Å². The van der Waals surface area contributed by atoms with Gasteiger partial charge in [-0.25, -0.2) is 0 Å². The summed E-state index contributed by atoms with van der Waals surface area (Å²) in [6, 6.07) is 16.4. The Kier molecular flexibility index (Phi) is 6.12. The van der Waals surface area contributed by atoms with Gasteiger partial charge in [-0.2, -0.15) is 4.98 Å². The minimum absolute atomic E-state index is 0.00787. The quantitative estimate of drug-likeness (QED) is 0.571. The molecule has 1 saturated heterocycles. The number of hydrogen-bond acceptors (Lipinski definition) is 5. The van der Waals surface area contributed by atoms with E-state index < -0.39 is 0 Å². The molecule has 6 nitrogen and oxygen atoms in total. The number of carbonyl (C=O) groups excluding carboxylic acids is 1. The van der Waals surface area contributed by atoms with Crippen molar-refractivity contribution in [2.45, 2.75) is 38.5 Å². The molecule has 1 aromatic heterocycles. The summed E-state index contributed by atoms with van der Waals surface area (Å²) in [4.78, 5) is 18.9. The fraction of sp³-hybridized carbons (Fsp3) is 0.375. The Balaban J connectivity index is 1.30. The van der Waals surface area contributed by atoms with Crippen molar-refractivity contribution in [1.29, 1.82) is 0 Å². The van der Waals surface area contributed by atoms with Crippen molar-refractivity contribution < 1.29 is 14.1 Å². The van der Waals surface area contributed by atoms with Crippen LogP contribution in [-0.4, -0.2) is 41.1 Å². The molecule has 30 heavy (non-hydrogen) atoms. The fourth-order valence-corrected chi connectivity index (χ4v) is 3.87. The Morgan fingerprint density at radius 3 is 2.70 bits per heavy atom. The highest BCUT2D eigenvalue weighted by Gasteiger charge is 2.33. The summed E-state index contributed by atoms with van der Waals surface area (Å²) in [6.45, 7) is 3.46. The Labute approximate surface area is 176 Å². The summed E-state index contributed by atoms with van der Waals surface area (Å²) >= 11 is 0. The number of hydrogen-bond donors (Lipinski definition) is 0. The number of amides is 1. The molecule has 0 aliphatic carbocycles. The van der Waals surface area contributed by atoms with Gasteiger partial charge in [-0.3, -0.25) is 4.79 Å². The zero-order valence-electron chi connectivity index (χ0n) is 17.5. The van der Waals surface area contributed by atoms with Gasteiger partial charge in [0.2, 0.25) is 11.8 Å². The SMILES string of the molecule is COc1ccc(CCc2nc(C3CC(=O)N(CCc4cccc(C)c4)C3)no2)cc1. The molecule has 0 spiro atoms. The average molecular weight is 405 g/mol. The fourth-order valence-electron chi connectivity index (χ4n) is 3.87. The summed E-state index contributed by atoms with van der Waals surface area (Å²) in [7, 11) is 1.66. The number of ether oxygens (including phenoxy) is 1. The van der Waals surface area contributed by atoms with E-state index in [2.05, 4.69) is 41.3 Å². The molecule has 6 heteroatoms. The molecule has 2 heterocycles. The van der Waals surface area contributed by atoms with Crippen LogP contribution in [0.25, 0.3) is 0 Å². The molecule has 0 N–H and O–H groups in total. The van der Waals surface area contributed by atoms with E-state index in [1.165, 1.54) is 16.7 Å². The number of benzene rings is 2. The van der Waals surface area contributed by atoms with Gasteiger partial charge in [0.15, 0.2) is 5.82 Å². The lowest BCUT2D eigenvalue weighted by molar-refractivity contribution is -0.127. The minimum Gasteiger partial charge on any atom is -0.497 e. The maximum atomic E-state index is 12.4. The topological polar surface area (TPSA) is 68.5 Å². The Morgan fingerprint density at radius 2 is 1.93 bits per heavy atom. The van der Waals surface area contributed by atoms with Crippen LogP contribution in [0.1, 0.15) is 40.7 Å². The molecule has 1 aliphatic heterocycles. The first-order chi connectivity index (χ1) is 14.6. The minimum atomic E-state index is 0.00787. The molecule has 0 saturated carbocycles. The van der Waals surface area contributed by atoms with Crippen LogP contribution in [0.2, 0.25) is 0 Å². The maximum absolute atomic E-state index is 12.4. The number of aryl methyl sites for hydroxylation is 3. The largest absolute Gasteiger partial charge is 0.497 e. The van der Waals surface area contributed by atoms with Crippen LogP contribution >= 0.6 is 0 Å². The summed E-state index contributed by atoms with van der Waals surface area (Å²) in [5, 5.41) is 4.15. The first-order valence-corrected chi connectivity index (χ1v) is 10.4. The summed E-state index contributed by atoms with van der Waals surface area (Å²) < 4.78 is 10.6. The molecule has 1 fully saturated rings. The molecule has 1 atom stereocenters. The highest BCUT2D eigenvalue weighted by molar-refractivity contribution is 5.79. The smallest absolute Gasteiger partial charge is 0.226 e. The van der Waals surface area contributed by atoms with Gasteiger partial charge in [-0.05, 0) is 43.0 Å². The van der Waals surface area contributed by atoms with Crippen LogP contribution in [-0.2, 0) is 24.1 Å². The third-order valence-corrected chi connectivity index (χ3v) is 5.60. The Morgan fingerprint density at radius 1 is 1.10 bits per heavy atom. The summed E-state index contributed by atoms with van der Waals surface area (Å²) in [5.41, 5.74) is 3.69. The molecule has 0 bridgehead atoms.